The molecule has 3 rings (SSSR count). The van der Waals surface area contributed by atoms with Crippen LogP contribution in [0.1, 0.15) is 43.4 Å². The molecule has 0 saturated carbocycles. The molecule has 168 valence electrons. The van der Waals surface area contributed by atoms with E-state index in [-0.39, 0.29) is 24.3 Å². The Morgan fingerprint density at radius 2 is 1.90 bits per heavy atom. The van der Waals surface area contributed by atoms with Gasteiger partial charge < -0.3 is 20.3 Å². The highest BCUT2D eigenvalue weighted by molar-refractivity contribution is 5.67. The maximum absolute atomic E-state index is 14.0. The molecule has 2 aromatic carbocycles. The third-order valence-corrected chi connectivity index (χ3v) is 5.81. The van der Waals surface area contributed by atoms with Gasteiger partial charge in [-0.15, -0.1) is 0 Å². The maximum atomic E-state index is 14.0. The third-order valence-electron chi connectivity index (χ3n) is 5.81. The second-order valence-corrected chi connectivity index (χ2v) is 9.14. The van der Waals surface area contributed by atoms with Gasteiger partial charge in [0, 0.05) is 18.5 Å². The molecule has 1 aliphatic rings. The molecule has 6 heteroatoms. The van der Waals surface area contributed by atoms with E-state index in [0.717, 1.165) is 19.3 Å². The van der Waals surface area contributed by atoms with E-state index in [4.69, 9.17) is 9.84 Å². The van der Waals surface area contributed by atoms with Gasteiger partial charge in [-0.25, -0.2) is 4.39 Å². The zero-order valence-corrected chi connectivity index (χ0v) is 18.2. The van der Waals surface area contributed by atoms with Crippen molar-refractivity contribution in [2.24, 2.45) is 5.92 Å². The van der Waals surface area contributed by atoms with Crippen LogP contribution >= 0.6 is 0 Å². The number of carboxylic acid groups (broad SMARTS) is 1. The van der Waals surface area contributed by atoms with Crippen LogP contribution < -0.4 is 10.1 Å². The third kappa shape index (κ3) is 7.04. The number of β-amino-alcohol motifs (C(OH)–C–C–N with tert-alkyl or cyclic N) is 1. The van der Waals surface area contributed by atoms with Crippen LogP contribution in [-0.2, 0) is 24.1 Å². The molecule has 0 saturated heterocycles. The van der Waals surface area contributed by atoms with Crippen molar-refractivity contribution in [1.82, 2.24) is 5.32 Å². The minimum atomic E-state index is -0.905. The number of hydrogen-bond acceptors (Lipinski definition) is 4. The molecule has 0 amide bonds. The lowest BCUT2D eigenvalue weighted by Gasteiger charge is -2.30. The Balaban J connectivity index is 1.44. The van der Waals surface area contributed by atoms with Crippen molar-refractivity contribution in [3.63, 3.8) is 0 Å². The average molecular weight is 430 g/mol. The molecule has 0 aromatic heterocycles. The van der Waals surface area contributed by atoms with E-state index in [1.165, 1.54) is 23.3 Å². The van der Waals surface area contributed by atoms with Crippen molar-refractivity contribution >= 4 is 5.97 Å². The van der Waals surface area contributed by atoms with Crippen LogP contribution in [0.2, 0.25) is 0 Å². The van der Waals surface area contributed by atoms with E-state index < -0.39 is 17.9 Å². The number of aliphatic hydroxyl groups excluding tert-OH is 1. The fourth-order valence-corrected chi connectivity index (χ4v) is 4.29. The monoisotopic (exact) mass is 429 g/mol. The van der Waals surface area contributed by atoms with E-state index in [0.29, 0.717) is 24.4 Å². The van der Waals surface area contributed by atoms with Gasteiger partial charge in [-0.2, -0.15) is 0 Å². The van der Waals surface area contributed by atoms with Gasteiger partial charge in [-0.05, 0) is 74.3 Å². The van der Waals surface area contributed by atoms with E-state index in [9.17, 15) is 14.3 Å². The molecule has 0 fully saturated rings. The first-order chi connectivity index (χ1) is 14.7. The molecule has 0 bridgehead atoms. The van der Waals surface area contributed by atoms with Crippen LogP contribution in [0.3, 0.4) is 0 Å². The van der Waals surface area contributed by atoms with Crippen molar-refractivity contribution in [3.05, 3.63) is 65.0 Å². The molecule has 0 aliphatic heterocycles. The topological polar surface area (TPSA) is 78.8 Å². The molecule has 0 heterocycles. The van der Waals surface area contributed by atoms with Crippen LogP contribution in [-0.4, -0.2) is 41.0 Å². The summed E-state index contributed by atoms with van der Waals surface area (Å²) in [5, 5.41) is 22.5. The lowest BCUT2D eigenvalue weighted by molar-refractivity contribution is -0.136. The molecule has 31 heavy (non-hydrogen) atoms. The minimum absolute atomic E-state index is 0.0290. The van der Waals surface area contributed by atoms with E-state index in [2.05, 4.69) is 43.4 Å². The number of aliphatic carboxylic acids is 1. The summed E-state index contributed by atoms with van der Waals surface area (Å²) in [6.45, 7) is 4.56. The van der Waals surface area contributed by atoms with Crippen molar-refractivity contribution in [2.75, 3.05) is 13.2 Å². The van der Waals surface area contributed by atoms with Crippen LogP contribution in [0, 0.1) is 11.7 Å². The number of hydrogen-bond donors (Lipinski definition) is 3. The number of rotatable bonds is 11. The molecule has 0 radical (unpaired) electrons. The second kappa shape index (κ2) is 10.2. The quantitative estimate of drug-likeness (QED) is 0.507. The molecule has 0 spiro atoms. The summed E-state index contributed by atoms with van der Waals surface area (Å²) in [5.74, 6) is -0.821. The van der Waals surface area contributed by atoms with E-state index in [1.807, 2.05) is 0 Å². The average Bonchev–Trinajstić information content (AvgIpc) is 3.12. The molecule has 3 N–H and O–H groups in total. The second-order valence-electron chi connectivity index (χ2n) is 9.14. The number of carbonyl (C=O) groups is 1. The van der Waals surface area contributed by atoms with Gasteiger partial charge in [-0.1, -0.05) is 30.3 Å². The predicted molar refractivity (Wildman–Crippen MR) is 118 cm³/mol. The number of benzene rings is 2. The van der Waals surface area contributed by atoms with Crippen molar-refractivity contribution in [3.8, 4) is 5.75 Å². The molecule has 1 atom stereocenters. The summed E-state index contributed by atoms with van der Waals surface area (Å²) in [6.07, 6.45) is 2.65. The summed E-state index contributed by atoms with van der Waals surface area (Å²) in [4.78, 5) is 10.7. The summed E-state index contributed by atoms with van der Waals surface area (Å²) in [7, 11) is 0. The summed E-state index contributed by atoms with van der Waals surface area (Å²) in [6, 6.07) is 12.9. The van der Waals surface area contributed by atoms with Gasteiger partial charge in [0.25, 0.3) is 0 Å². The van der Waals surface area contributed by atoms with E-state index in [1.54, 1.807) is 6.07 Å². The highest BCUT2D eigenvalue weighted by atomic mass is 19.1. The molecular weight excluding hydrogens is 397 g/mol. The molecular formula is C25H32FNO4. The van der Waals surface area contributed by atoms with Crippen molar-refractivity contribution in [1.29, 1.82) is 0 Å². The summed E-state index contributed by atoms with van der Waals surface area (Å²) >= 11 is 0. The minimum Gasteiger partial charge on any atom is -0.488 e. The summed E-state index contributed by atoms with van der Waals surface area (Å²) < 4.78 is 19.5. The van der Waals surface area contributed by atoms with Crippen LogP contribution in [0.15, 0.2) is 42.5 Å². The number of aryl methyl sites for hydroxylation is 1. The van der Waals surface area contributed by atoms with Crippen molar-refractivity contribution in [2.45, 2.75) is 57.6 Å². The summed E-state index contributed by atoms with van der Waals surface area (Å²) in [5.41, 5.74) is 3.41. The molecule has 1 unspecified atom stereocenters. The Kier molecular flexibility index (Phi) is 7.68. The first-order valence-corrected chi connectivity index (χ1v) is 10.8. The first kappa shape index (κ1) is 23.2. The normalized spacial score (nSPS) is 15.0. The van der Waals surface area contributed by atoms with Gasteiger partial charge in [0.05, 0.1) is 0 Å². The van der Waals surface area contributed by atoms with Gasteiger partial charge in [-0.3, -0.25) is 4.79 Å². The molecule has 5 nitrogen and oxygen atoms in total. The zero-order chi connectivity index (χ0) is 22.4. The number of ether oxygens (including phenoxy) is 1. The standard InChI is InChI=1S/C25H32FNO4/c1-25(2,14-18-11-19-5-3-4-6-20(19)12-18)27-15-21(28)16-31-23-13-17(7-9-22(23)26)8-10-24(29)30/h3-7,9,13,18,21,27-28H,8,10-12,14-16H2,1-2H3,(H,29,30). The molecule has 1 aliphatic carbocycles. The fourth-order valence-electron chi connectivity index (χ4n) is 4.29. The van der Waals surface area contributed by atoms with Crippen molar-refractivity contribution < 1.29 is 24.1 Å². The number of aliphatic hydroxyl groups is 1. The highest BCUT2D eigenvalue weighted by Gasteiger charge is 2.28. The van der Waals surface area contributed by atoms with Gasteiger partial charge in [0.2, 0.25) is 0 Å². The Morgan fingerprint density at radius 1 is 1.23 bits per heavy atom. The Morgan fingerprint density at radius 3 is 2.55 bits per heavy atom. The highest BCUT2D eigenvalue weighted by Crippen LogP contribution is 2.31. The van der Waals surface area contributed by atoms with Crippen LogP contribution in [0.5, 0.6) is 5.75 Å². The van der Waals surface area contributed by atoms with Gasteiger partial charge in [0.15, 0.2) is 11.6 Å². The van der Waals surface area contributed by atoms with Gasteiger partial charge >= 0.3 is 5.97 Å². The van der Waals surface area contributed by atoms with Crippen LogP contribution in [0.4, 0.5) is 4.39 Å². The first-order valence-electron chi connectivity index (χ1n) is 10.8. The number of carboxylic acids is 1. The number of fused-ring (bicyclic) bond motifs is 1. The Bertz CT molecular complexity index is 874. The smallest absolute Gasteiger partial charge is 0.303 e. The fraction of sp³-hybridized carbons (Fsp3) is 0.480. The van der Waals surface area contributed by atoms with Crippen LogP contribution in [0.25, 0.3) is 0 Å². The SMILES string of the molecule is CC(C)(CC1Cc2ccccc2C1)NCC(O)COc1cc(CCC(=O)O)ccc1F. The zero-order valence-electron chi connectivity index (χ0n) is 18.2. The maximum Gasteiger partial charge on any atom is 0.303 e. The Hall–Kier alpha value is -2.44. The number of nitrogens with one attached hydrogen (secondary N) is 1. The predicted octanol–water partition coefficient (Wildman–Crippen LogP) is 3.76. The van der Waals surface area contributed by atoms with Gasteiger partial charge in [0.1, 0.15) is 12.7 Å². The lowest BCUT2D eigenvalue weighted by Crippen LogP contribution is -2.46. The molecule has 2 aromatic rings. The van der Waals surface area contributed by atoms with E-state index >= 15 is 0 Å². The Labute approximate surface area is 183 Å². The number of halogens is 1. The lowest BCUT2D eigenvalue weighted by atomic mass is 9.88. The largest absolute Gasteiger partial charge is 0.488 e.